The molecule has 0 unspecified atom stereocenters. The summed E-state index contributed by atoms with van der Waals surface area (Å²) in [7, 11) is 1.98. The summed E-state index contributed by atoms with van der Waals surface area (Å²) in [4.78, 5) is 4.72. The highest BCUT2D eigenvalue weighted by Crippen LogP contribution is 2.05. The summed E-state index contributed by atoms with van der Waals surface area (Å²) < 4.78 is 1.99. The molecule has 0 bridgehead atoms. The van der Waals surface area contributed by atoms with Gasteiger partial charge in [0, 0.05) is 13.6 Å². The zero-order valence-corrected chi connectivity index (χ0v) is 19.2. The molecule has 1 aromatic carbocycles. The van der Waals surface area contributed by atoms with Gasteiger partial charge in [-0.25, -0.2) is 4.99 Å². The molecular formula is C20H33IN6. The van der Waals surface area contributed by atoms with Crippen LogP contribution in [0.3, 0.4) is 0 Å². The number of aromatic nitrogens is 3. The fourth-order valence-electron chi connectivity index (χ4n) is 2.58. The molecule has 0 saturated heterocycles. The Bertz CT molecular complexity index is 681. The minimum absolute atomic E-state index is 0. The van der Waals surface area contributed by atoms with E-state index in [1.807, 2.05) is 36.7 Å². The van der Waals surface area contributed by atoms with Crippen molar-refractivity contribution in [2.24, 2.45) is 18.0 Å². The molecule has 2 aromatic rings. The normalized spacial score (nSPS) is 11.4. The second-order valence-corrected chi connectivity index (χ2v) is 7.04. The summed E-state index contributed by atoms with van der Waals surface area (Å²) in [5, 5.41) is 15.1. The largest absolute Gasteiger partial charge is 0.356 e. The first kappa shape index (κ1) is 23.4. The van der Waals surface area contributed by atoms with Crippen LogP contribution in [0.4, 0.5) is 0 Å². The number of rotatable bonds is 9. The average Bonchev–Trinajstić information content (AvgIpc) is 2.95. The van der Waals surface area contributed by atoms with Gasteiger partial charge in [0.2, 0.25) is 0 Å². The monoisotopic (exact) mass is 484 g/mol. The Kier molecular flexibility index (Phi) is 11.0. The summed E-state index contributed by atoms with van der Waals surface area (Å²) in [6, 6.07) is 10.3. The quantitative estimate of drug-likeness (QED) is 0.246. The van der Waals surface area contributed by atoms with E-state index in [-0.39, 0.29) is 24.0 Å². The van der Waals surface area contributed by atoms with Gasteiger partial charge in [0.25, 0.3) is 0 Å². The van der Waals surface area contributed by atoms with Gasteiger partial charge in [-0.15, -0.1) is 34.2 Å². The highest BCUT2D eigenvalue weighted by molar-refractivity contribution is 14.0. The molecule has 6 nitrogen and oxygen atoms in total. The number of guanidine groups is 1. The average molecular weight is 484 g/mol. The number of aryl methyl sites for hydroxylation is 1. The molecule has 0 aliphatic carbocycles. The van der Waals surface area contributed by atoms with Crippen molar-refractivity contribution in [3.8, 4) is 0 Å². The molecular weight excluding hydrogens is 451 g/mol. The molecule has 0 spiro atoms. The number of nitrogens with one attached hydrogen (secondary N) is 2. The zero-order valence-electron chi connectivity index (χ0n) is 16.9. The Balaban J connectivity index is 0.00000364. The molecule has 0 radical (unpaired) electrons. The van der Waals surface area contributed by atoms with Crippen LogP contribution in [0.2, 0.25) is 0 Å². The topological polar surface area (TPSA) is 67.1 Å². The molecule has 150 valence electrons. The van der Waals surface area contributed by atoms with Gasteiger partial charge in [0.05, 0.1) is 13.1 Å². The van der Waals surface area contributed by atoms with Gasteiger partial charge in [0.1, 0.15) is 5.82 Å². The number of unbranched alkanes of at least 4 members (excludes halogenated alkanes) is 1. The lowest BCUT2D eigenvalue weighted by molar-refractivity contribution is 0.534. The highest BCUT2D eigenvalue weighted by atomic mass is 127. The summed E-state index contributed by atoms with van der Waals surface area (Å²) in [6.07, 6.45) is 3.65. The molecule has 2 N–H and O–H groups in total. The zero-order chi connectivity index (χ0) is 18.8. The van der Waals surface area contributed by atoms with Crippen molar-refractivity contribution in [3.63, 3.8) is 0 Å². The molecule has 1 heterocycles. The van der Waals surface area contributed by atoms with Crippen LogP contribution in [0, 0.1) is 12.8 Å². The lowest BCUT2D eigenvalue weighted by atomic mass is 10.1. The van der Waals surface area contributed by atoms with Crippen molar-refractivity contribution >= 4 is 29.9 Å². The molecule has 0 aliphatic rings. The SMILES string of the molecule is Cc1nnc(CNC(=NCc2ccccc2)NCCCCC(C)C)n1C.I. The molecule has 0 aliphatic heterocycles. The molecule has 27 heavy (non-hydrogen) atoms. The van der Waals surface area contributed by atoms with Gasteiger partial charge >= 0.3 is 0 Å². The van der Waals surface area contributed by atoms with Gasteiger partial charge in [-0.2, -0.15) is 0 Å². The fourth-order valence-corrected chi connectivity index (χ4v) is 2.58. The highest BCUT2D eigenvalue weighted by Gasteiger charge is 2.06. The third-order valence-corrected chi connectivity index (χ3v) is 4.36. The maximum atomic E-state index is 4.72. The number of aliphatic imine (C=N–C) groups is 1. The van der Waals surface area contributed by atoms with Gasteiger partial charge in [0.15, 0.2) is 11.8 Å². The van der Waals surface area contributed by atoms with E-state index < -0.39 is 0 Å². The van der Waals surface area contributed by atoms with E-state index in [1.165, 1.54) is 18.4 Å². The first-order valence-electron chi connectivity index (χ1n) is 9.47. The number of hydrogen-bond acceptors (Lipinski definition) is 3. The molecule has 0 fully saturated rings. The van der Waals surface area contributed by atoms with Crippen molar-refractivity contribution in [1.82, 2.24) is 25.4 Å². The van der Waals surface area contributed by atoms with E-state index in [0.29, 0.717) is 13.1 Å². The molecule has 0 amide bonds. The minimum Gasteiger partial charge on any atom is -0.356 e. The van der Waals surface area contributed by atoms with E-state index >= 15 is 0 Å². The van der Waals surface area contributed by atoms with Crippen molar-refractivity contribution in [2.75, 3.05) is 6.54 Å². The number of benzene rings is 1. The molecule has 2 rings (SSSR count). The standard InChI is InChI=1S/C20H32N6.HI/c1-16(2)10-8-9-13-21-20(22-14-18-11-6-5-7-12-18)23-15-19-25-24-17(3)26(19)4;/h5-7,11-12,16H,8-10,13-15H2,1-4H3,(H2,21,22,23);1H. The van der Waals surface area contributed by atoms with Crippen LogP contribution >= 0.6 is 24.0 Å². The van der Waals surface area contributed by atoms with E-state index in [0.717, 1.165) is 36.5 Å². The maximum Gasteiger partial charge on any atom is 0.191 e. The van der Waals surface area contributed by atoms with Crippen molar-refractivity contribution in [3.05, 3.63) is 47.5 Å². The summed E-state index contributed by atoms with van der Waals surface area (Å²) in [5.41, 5.74) is 1.20. The van der Waals surface area contributed by atoms with E-state index in [9.17, 15) is 0 Å². The van der Waals surface area contributed by atoms with Gasteiger partial charge < -0.3 is 15.2 Å². The van der Waals surface area contributed by atoms with Crippen LogP contribution in [0.15, 0.2) is 35.3 Å². The smallest absolute Gasteiger partial charge is 0.191 e. The third-order valence-electron chi connectivity index (χ3n) is 4.36. The first-order chi connectivity index (χ1) is 12.6. The van der Waals surface area contributed by atoms with Gasteiger partial charge in [-0.05, 0) is 24.8 Å². The van der Waals surface area contributed by atoms with E-state index in [1.54, 1.807) is 0 Å². The lowest BCUT2D eigenvalue weighted by Gasteiger charge is -2.13. The first-order valence-corrected chi connectivity index (χ1v) is 9.47. The summed E-state index contributed by atoms with van der Waals surface area (Å²) in [6.45, 7) is 8.66. The van der Waals surface area contributed by atoms with E-state index in [2.05, 4.69) is 46.8 Å². The predicted molar refractivity (Wildman–Crippen MR) is 122 cm³/mol. The second kappa shape index (κ2) is 12.7. The Morgan fingerprint density at radius 2 is 1.85 bits per heavy atom. The van der Waals surface area contributed by atoms with Crippen LogP contribution in [0.1, 0.15) is 50.3 Å². The van der Waals surface area contributed by atoms with Crippen molar-refractivity contribution < 1.29 is 0 Å². The van der Waals surface area contributed by atoms with Crippen LogP contribution in [0.5, 0.6) is 0 Å². The Morgan fingerprint density at radius 1 is 1.11 bits per heavy atom. The Morgan fingerprint density at radius 3 is 2.48 bits per heavy atom. The van der Waals surface area contributed by atoms with E-state index in [4.69, 9.17) is 4.99 Å². The number of nitrogens with zero attached hydrogens (tertiary/aromatic N) is 4. The second-order valence-electron chi connectivity index (χ2n) is 7.04. The molecule has 0 atom stereocenters. The van der Waals surface area contributed by atoms with Crippen LogP contribution in [-0.2, 0) is 20.1 Å². The fraction of sp³-hybridized carbons (Fsp3) is 0.550. The predicted octanol–water partition coefficient (Wildman–Crippen LogP) is 3.80. The van der Waals surface area contributed by atoms with Crippen LogP contribution < -0.4 is 10.6 Å². The van der Waals surface area contributed by atoms with Crippen LogP contribution in [0.25, 0.3) is 0 Å². The number of halogens is 1. The molecule has 7 heteroatoms. The lowest BCUT2D eigenvalue weighted by Crippen LogP contribution is -2.38. The van der Waals surface area contributed by atoms with Crippen molar-refractivity contribution in [1.29, 1.82) is 0 Å². The van der Waals surface area contributed by atoms with Gasteiger partial charge in [-0.1, -0.05) is 57.0 Å². The molecule has 1 aromatic heterocycles. The van der Waals surface area contributed by atoms with Gasteiger partial charge in [-0.3, -0.25) is 0 Å². The van der Waals surface area contributed by atoms with Crippen LogP contribution in [-0.4, -0.2) is 27.3 Å². The third kappa shape index (κ3) is 8.73. The minimum atomic E-state index is 0. The Labute approximate surface area is 180 Å². The summed E-state index contributed by atoms with van der Waals surface area (Å²) in [5.74, 6) is 3.39. The number of hydrogen-bond donors (Lipinski definition) is 2. The molecule has 0 saturated carbocycles. The maximum absolute atomic E-state index is 4.72. The van der Waals surface area contributed by atoms with Crippen molar-refractivity contribution in [2.45, 2.75) is 53.1 Å². The Hall–Kier alpha value is -1.64. The summed E-state index contributed by atoms with van der Waals surface area (Å²) >= 11 is 0.